The van der Waals surface area contributed by atoms with Crippen LogP contribution < -0.4 is 10.6 Å². The Morgan fingerprint density at radius 3 is 2.62 bits per heavy atom. The topological polar surface area (TPSA) is 88.9 Å². The number of benzene rings is 2. The van der Waals surface area contributed by atoms with Crippen LogP contribution in [0.3, 0.4) is 0 Å². The van der Waals surface area contributed by atoms with Gasteiger partial charge in [-0.25, -0.2) is 0 Å². The number of carbonyl (C=O) groups excluding carboxylic acids is 2. The number of nitrogens with one attached hydrogen (secondary N) is 2. The van der Waals surface area contributed by atoms with E-state index >= 15 is 0 Å². The van der Waals surface area contributed by atoms with Gasteiger partial charge in [0.05, 0.1) is 22.4 Å². The van der Waals surface area contributed by atoms with Crippen LogP contribution in [0.15, 0.2) is 41.6 Å². The molecule has 2 N–H and O–H groups in total. The summed E-state index contributed by atoms with van der Waals surface area (Å²) < 4.78 is 1.75. The molecule has 0 aliphatic heterocycles. The molecule has 0 aliphatic carbocycles. The van der Waals surface area contributed by atoms with Crippen molar-refractivity contribution in [1.82, 2.24) is 20.1 Å². The van der Waals surface area contributed by atoms with Gasteiger partial charge in [0.15, 0.2) is 11.0 Å². The molecule has 10 heteroatoms. The number of aryl methyl sites for hydroxylation is 1. The van der Waals surface area contributed by atoms with Crippen molar-refractivity contribution in [3.8, 4) is 0 Å². The Morgan fingerprint density at radius 1 is 1.16 bits per heavy atom. The number of anilines is 1. The van der Waals surface area contributed by atoms with Gasteiger partial charge in [0, 0.05) is 17.8 Å². The van der Waals surface area contributed by atoms with Crippen molar-refractivity contribution < 1.29 is 9.59 Å². The molecule has 168 valence electrons. The first-order valence-electron chi connectivity index (χ1n) is 9.81. The standard InChI is InChI=1S/C22H23Cl2N5O2S/c1-12-6-5-7-18(13(12)2)26-19(30)11-32-22-28-27-20(29(22)4)14(3)25-21(31)16-9-8-15(23)10-17(16)24/h5-10,14H,11H2,1-4H3,(H,25,31)(H,26,30). The second kappa shape index (κ2) is 10.4. The lowest BCUT2D eigenvalue weighted by molar-refractivity contribution is -0.113. The molecule has 0 aliphatic rings. The van der Waals surface area contributed by atoms with Crippen LogP contribution in [0.25, 0.3) is 0 Å². The summed E-state index contributed by atoms with van der Waals surface area (Å²) in [5.74, 6) is 0.262. The molecule has 0 saturated heterocycles. The maximum atomic E-state index is 12.6. The highest BCUT2D eigenvalue weighted by Crippen LogP contribution is 2.24. The molecule has 2 aromatic carbocycles. The molecule has 0 fully saturated rings. The normalized spacial score (nSPS) is 11.8. The summed E-state index contributed by atoms with van der Waals surface area (Å²) in [6.07, 6.45) is 0. The zero-order valence-electron chi connectivity index (χ0n) is 18.1. The van der Waals surface area contributed by atoms with Gasteiger partial charge in [-0.3, -0.25) is 9.59 Å². The van der Waals surface area contributed by atoms with E-state index in [1.165, 1.54) is 17.8 Å². The number of carbonyl (C=O) groups is 2. The summed E-state index contributed by atoms with van der Waals surface area (Å²) >= 11 is 13.3. The Morgan fingerprint density at radius 2 is 1.91 bits per heavy atom. The predicted molar refractivity (Wildman–Crippen MR) is 129 cm³/mol. The van der Waals surface area contributed by atoms with E-state index in [9.17, 15) is 9.59 Å². The van der Waals surface area contributed by atoms with Crippen molar-refractivity contribution in [2.75, 3.05) is 11.1 Å². The molecular formula is C22H23Cl2N5O2S. The molecule has 1 heterocycles. The van der Waals surface area contributed by atoms with E-state index in [-0.39, 0.29) is 22.6 Å². The van der Waals surface area contributed by atoms with Crippen molar-refractivity contribution >= 4 is 52.5 Å². The number of rotatable bonds is 7. The predicted octanol–water partition coefficient (Wildman–Crippen LogP) is 4.96. The van der Waals surface area contributed by atoms with E-state index in [0.717, 1.165) is 16.8 Å². The molecule has 0 spiro atoms. The van der Waals surface area contributed by atoms with Crippen molar-refractivity contribution in [2.45, 2.75) is 32.0 Å². The highest BCUT2D eigenvalue weighted by Gasteiger charge is 2.20. The minimum atomic E-state index is -0.426. The summed E-state index contributed by atoms with van der Waals surface area (Å²) in [7, 11) is 1.79. The fourth-order valence-electron chi connectivity index (χ4n) is 3.04. The number of hydrogen-bond donors (Lipinski definition) is 2. The largest absolute Gasteiger partial charge is 0.342 e. The van der Waals surface area contributed by atoms with E-state index in [1.807, 2.05) is 32.0 Å². The van der Waals surface area contributed by atoms with Gasteiger partial charge < -0.3 is 15.2 Å². The van der Waals surface area contributed by atoms with Gasteiger partial charge in [0.2, 0.25) is 5.91 Å². The van der Waals surface area contributed by atoms with Crippen LogP contribution in [-0.4, -0.2) is 32.3 Å². The van der Waals surface area contributed by atoms with Crippen molar-refractivity contribution in [3.05, 3.63) is 69.0 Å². The van der Waals surface area contributed by atoms with Crippen molar-refractivity contribution in [1.29, 1.82) is 0 Å². The van der Waals surface area contributed by atoms with Crippen molar-refractivity contribution in [2.24, 2.45) is 7.05 Å². The third-order valence-electron chi connectivity index (χ3n) is 4.99. The molecule has 32 heavy (non-hydrogen) atoms. The highest BCUT2D eigenvalue weighted by atomic mass is 35.5. The summed E-state index contributed by atoms with van der Waals surface area (Å²) in [6, 6.07) is 10.1. The van der Waals surface area contributed by atoms with Gasteiger partial charge >= 0.3 is 0 Å². The van der Waals surface area contributed by atoms with Crippen LogP contribution in [0.1, 0.15) is 40.3 Å². The van der Waals surface area contributed by atoms with E-state index in [2.05, 4.69) is 20.8 Å². The number of thioether (sulfide) groups is 1. The lowest BCUT2D eigenvalue weighted by Gasteiger charge is -2.14. The van der Waals surface area contributed by atoms with Gasteiger partial charge in [-0.15, -0.1) is 10.2 Å². The van der Waals surface area contributed by atoms with E-state index in [4.69, 9.17) is 23.2 Å². The van der Waals surface area contributed by atoms with Gasteiger partial charge in [-0.1, -0.05) is 47.1 Å². The van der Waals surface area contributed by atoms with E-state index in [0.29, 0.717) is 21.6 Å². The van der Waals surface area contributed by atoms with Gasteiger partial charge in [0.25, 0.3) is 5.91 Å². The Bertz CT molecular complexity index is 1170. The second-order valence-corrected chi connectivity index (χ2v) is 9.09. The third kappa shape index (κ3) is 5.62. The summed E-state index contributed by atoms with van der Waals surface area (Å²) in [6.45, 7) is 5.77. The average molecular weight is 492 g/mol. The Labute approximate surface area is 200 Å². The van der Waals surface area contributed by atoms with Crippen LogP contribution in [0.5, 0.6) is 0 Å². The SMILES string of the molecule is Cc1cccc(NC(=O)CSc2nnc(C(C)NC(=O)c3ccc(Cl)cc3Cl)n2C)c1C. The summed E-state index contributed by atoms with van der Waals surface area (Å²) in [5, 5.41) is 15.4. The molecule has 2 amide bonds. The fourth-order valence-corrected chi connectivity index (χ4v) is 4.26. The minimum absolute atomic E-state index is 0.132. The van der Waals surface area contributed by atoms with Crippen LogP contribution in [0, 0.1) is 13.8 Å². The third-order valence-corrected chi connectivity index (χ3v) is 6.56. The molecule has 1 unspecified atom stereocenters. The average Bonchev–Trinajstić information content (AvgIpc) is 3.10. The molecule has 0 saturated carbocycles. The van der Waals surface area contributed by atoms with Crippen LogP contribution >= 0.6 is 35.0 Å². The van der Waals surface area contributed by atoms with Crippen LogP contribution in [0.2, 0.25) is 10.0 Å². The molecule has 0 bridgehead atoms. The number of aromatic nitrogens is 3. The summed E-state index contributed by atoms with van der Waals surface area (Å²) in [5.41, 5.74) is 3.27. The molecule has 7 nitrogen and oxygen atoms in total. The first-order valence-corrected chi connectivity index (χ1v) is 11.6. The number of hydrogen-bond acceptors (Lipinski definition) is 5. The second-order valence-electron chi connectivity index (χ2n) is 7.30. The van der Waals surface area contributed by atoms with Crippen molar-refractivity contribution in [3.63, 3.8) is 0 Å². The maximum Gasteiger partial charge on any atom is 0.253 e. The van der Waals surface area contributed by atoms with Crippen LogP contribution in [-0.2, 0) is 11.8 Å². The minimum Gasteiger partial charge on any atom is -0.342 e. The number of amides is 2. The number of halogens is 2. The van der Waals surface area contributed by atoms with E-state index in [1.54, 1.807) is 30.7 Å². The lowest BCUT2D eigenvalue weighted by Crippen LogP contribution is -2.28. The van der Waals surface area contributed by atoms with Crippen LogP contribution in [0.4, 0.5) is 5.69 Å². The quantitative estimate of drug-likeness (QED) is 0.455. The Kier molecular flexibility index (Phi) is 7.82. The zero-order valence-corrected chi connectivity index (χ0v) is 20.4. The molecule has 3 aromatic rings. The van der Waals surface area contributed by atoms with Gasteiger partial charge in [-0.2, -0.15) is 0 Å². The molecule has 0 radical (unpaired) electrons. The molecular weight excluding hydrogens is 469 g/mol. The number of nitrogens with zero attached hydrogens (tertiary/aromatic N) is 3. The molecule has 1 aromatic heterocycles. The van der Waals surface area contributed by atoms with E-state index < -0.39 is 6.04 Å². The summed E-state index contributed by atoms with van der Waals surface area (Å²) in [4.78, 5) is 25.0. The highest BCUT2D eigenvalue weighted by molar-refractivity contribution is 7.99. The van der Waals surface area contributed by atoms with Gasteiger partial charge in [0.1, 0.15) is 0 Å². The first kappa shape index (κ1) is 24.1. The Balaban J connectivity index is 1.61. The lowest BCUT2D eigenvalue weighted by atomic mass is 10.1. The Hall–Kier alpha value is -2.55. The van der Waals surface area contributed by atoms with Gasteiger partial charge in [-0.05, 0) is 56.2 Å². The monoisotopic (exact) mass is 491 g/mol. The first-order chi connectivity index (χ1) is 15.2. The molecule has 1 atom stereocenters. The molecule has 3 rings (SSSR count). The smallest absolute Gasteiger partial charge is 0.253 e. The fraction of sp³-hybridized carbons (Fsp3) is 0.273. The maximum absolute atomic E-state index is 12.6. The zero-order chi connectivity index (χ0) is 23.4.